The van der Waals surface area contributed by atoms with E-state index in [0.717, 1.165) is 17.7 Å². The van der Waals surface area contributed by atoms with E-state index in [2.05, 4.69) is 10.6 Å². The zero-order valence-electron chi connectivity index (χ0n) is 16.6. The molecular formula is C22H25N3O4. The summed E-state index contributed by atoms with van der Waals surface area (Å²) in [6, 6.07) is 12.1. The van der Waals surface area contributed by atoms with E-state index in [1.54, 1.807) is 23.1 Å². The Hall–Kier alpha value is -3.22. The lowest BCUT2D eigenvalue weighted by Crippen LogP contribution is -2.52. The summed E-state index contributed by atoms with van der Waals surface area (Å²) in [6.45, 7) is 5.47. The summed E-state index contributed by atoms with van der Waals surface area (Å²) in [7, 11) is 0. The fourth-order valence-electron chi connectivity index (χ4n) is 3.68. The highest BCUT2D eigenvalue weighted by Gasteiger charge is 2.32. The minimum absolute atomic E-state index is 0.0544. The van der Waals surface area contributed by atoms with Crippen molar-refractivity contribution in [2.45, 2.75) is 26.3 Å². The van der Waals surface area contributed by atoms with Gasteiger partial charge in [-0.15, -0.1) is 0 Å². The zero-order chi connectivity index (χ0) is 20.4. The number of benzene rings is 2. The number of rotatable bonds is 4. The number of nitrogens with one attached hydrogen (secondary N) is 2. The average Bonchev–Trinajstić information content (AvgIpc) is 3.15. The summed E-state index contributed by atoms with van der Waals surface area (Å²) in [5, 5.41) is 5.62. The van der Waals surface area contributed by atoms with Crippen LogP contribution in [0.2, 0.25) is 0 Å². The Bertz CT molecular complexity index is 928. The number of amides is 3. The predicted molar refractivity (Wildman–Crippen MR) is 111 cm³/mol. The van der Waals surface area contributed by atoms with Crippen LogP contribution in [0, 0.1) is 5.92 Å². The number of nitrogens with zero attached hydrogens (tertiary/aromatic N) is 1. The van der Waals surface area contributed by atoms with Crippen LogP contribution in [-0.4, -0.2) is 37.7 Å². The van der Waals surface area contributed by atoms with Gasteiger partial charge in [0.1, 0.15) is 19.3 Å². The standard InChI is InChI=1S/C22H25N3O4/c1-14(2)20(21(26)25-10-9-15-5-3-4-6-17(15)25)24-22(27)23-16-7-8-18-19(13-16)29-12-11-28-18/h3-8,13-14,20H,9-12H2,1-2H3,(H2,23,24,27). The third kappa shape index (κ3) is 3.99. The van der Waals surface area contributed by atoms with Crippen LogP contribution < -0.4 is 25.0 Å². The van der Waals surface area contributed by atoms with E-state index in [1.807, 2.05) is 38.1 Å². The SMILES string of the molecule is CC(C)C(NC(=O)Nc1ccc2c(c1)OCCO2)C(=O)N1CCc2ccccc21. The first-order valence-corrected chi connectivity index (χ1v) is 9.89. The van der Waals surface area contributed by atoms with Gasteiger partial charge < -0.3 is 25.0 Å². The number of carbonyl (C=O) groups is 2. The average molecular weight is 395 g/mol. The molecule has 1 atom stereocenters. The van der Waals surface area contributed by atoms with Crippen molar-refractivity contribution in [3.05, 3.63) is 48.0 Å². The lowest BCUT2D eigenvalue weighted by atomic mass is 10.0. The number of anilines is 2. The normalized spacial score (nSPS) is 15.6. The predicted octanol–water partition coefficient (Wildman–Crippen LogP) is 3.19. The van der Waals surface area contributed by atoms with Crippen LogP contribution in [0.3, 0.4) is 0 Å². The molecule has 29 heavy (non-hydrogen) atoms. The molecule has 0 radical (unpaired) electrons. The smallest absolute Gasteiger partial charge is 0.319 e. The van der Waals surface area contributed by atoms with Gasteiger partial charge in [-0.2, -0.15) is 0 Å². The Morgan fingerprint density at radius 3 is 2.59 bits per heavy atom. The molecule has 2 N–H and O–H groups in total. The Morgan fingerprint density at radius 1 is 1.03 bits per heavy atom. The second-order valence-corrected chi connectivity index (χ2v) is 7.55. The van der Waals surface area contributed by atoms with Gasteiger partial charge in [-0.1, -0.05) is 32.0 Å². The van der Waals surface area contributed by atoms with Gasteiger partial charge in [0.05, 0.1) is 0 Å². The van der Waals surface area contributed by atoms with Gasteiger partial charge in [0.2, 0.25) is 5.91 Å². The van der Waals surface area contributed by atoms with Gasteiger partial charge in [-0.3, -0.25) is 4.79 Å². The fourth-order valence-corrected chi connectivity index (χ4v) is 3.68. The maximum absolute atomic E-state index is 13.2. The minimum atomic E-state index is -0.627. The highest BCUT2D eigenvalue weighted by atomic mass is 16.6. The number of hydrogen-bond donors (Lipinski definition) is 2. The largest absolute Gasteiger partial charge is 0.486 e. The number of urea groups is 1. The summed E-state index contributed by atoms with van der Waals surface area (Å²) >= 11 is 0. The molecule has 152 valence electrons. The van der Waals surface area contributed by atoms with Crippen LogP contribution in [0.1, 0.15) is 19.4 Å². The summed E-state index contributed by atoms with van der Waals surface area (Å²) < 4.78 is 11.0. The molecule has 0 spiro atoms. The topological polar surface area (TPSA) is 79.9 Å². The van der Waals surface area contributed by atoms with Crippen molar-refractivity contribution in [1.29, 1.82) is 0 Å². The third-order valence-corrected chi connectivity index (χ3v) is 5.17. The molecule has 2 aliphatic rings. The summed E-state index contributed by atoms with van der Waals surface area (Å²) in [6.07, 6.45) is 0.829. The molecule has 2 aliphatic heterocycles. The molecule has 2 heterocycles. The molecule has 3 amide bonds. The fraction of sp³-hybridized carbons (Fsp3) is 0.364. The highest BCUT2D eigenvalue weighted by molar-refractivity contribution is 6.02. The summed E-state index contributed by atoms with van der Waals surface area (Å²) in [4.78, 5) is 27.5. The molecule has 7 heteroatoms. The molecular weight excluding hydrogens is 370 g/mol. The van der Waals surface area contributed by atoms with Gasteiger partial charge in [0.15, 0.2) is 11.5 Å². The molecule has 2 aromatic rings. The third-order valence-electron chi connectivity index (χ3n) is 5.17. The molecule has 0 saturated carbocycles. The number of fused-ring (bicyclic) bond motifs is 2. The second kappa shape index (κ2) is 8.03. The molecule has 0 saturated heterocycles. The molecule has 2 aromatic carbocycles. The molecule has 0 bridgehead atoms. The van der Waals surface area contributed by atoms with Crippen LogP contribution >= 0.6 is 0 Å². The van der Waals surface area contributed by atoms with Gasteiger partial charge >= 0.3 is 6.03 Å². The Labute approximate surface area is 170 Å². The van der Waals surface area contributed by atoms with Crippen molar-refractivity contribution in [2.75, 3.05) is 30.0 Å². The highest BCUT2D eigenvalue weighted by Crippen LogP contribution is 2.32. The molecule has 0 aliphatic carbocycles. The number of carbonyl (C=O) groups excluding carboxylic acids is 2. The molecule has 0 fully saturated rings. The molecule has 0 aromatic heterocycles. The van der Waals surface area contributed by atoms with Crippen molar-refractivity contribution in [1.82, 2.24) is 5.32 Å². The Morgan fingerprint density at radius 2 is 1.79 bits per heavy atom. The monoisotopic (exact) mass is 395 g/mol. The van der Waals surface area contributed by atoms with Gasteiger partial charge in [0, 0.05) is 24.0 Å². The van der Waals surface area contributed by atoms with Crippen LogP contribution in [0.5, 0.6) is 11.5 Å². The Balaban J connectivity index is 1.44. The number of hydrogen-bond acceptors (Lipinski definition) is 4. The first kappa shape index (κ1) is 19.1. The first-order valence-electron chi connectivity index (χ1n) is 9.89. The Kier molecular flexibility index (Phi) is 5.29. The lowest BCUT2D eigenvalue weighted by Gasteiger charge is -2.27. The van der Waals surface area contributed by atoms with E-state index in [0.29, 0.717) is 36.9 Å². The van der Waals surface area contributed by atoms with E-state index >= 15 is 0 Å². The van der Waals surface area contributed by atoms with Crippen LogP contribution in [-0.2, 0) is 11.2 Å². The molecule has 1 unspecified atom stereocenters. The number of ether oxygens (including phenoxy) is 2. The number of para-hydroxylation sites is 1. The van der Waals surface area contributed by atoms with Crippen LogP contribution in [0.25, 0.3) is 0 Å². The van der Waals surface area contributed by atoms with Crippen molar-refractivity contribution in [3.8, 4) is 11.5 Å². The second-order valence-electron chi connectivity index (χ2n) is 7.55. The first-order chi connectivity index (χ1) is 14.0. The van der Waals surface area contributed by atoms with E-state index in [1.165, 1.54) is 0 Å². The van der Waals surface area contributed by atoms with Crippen molar-refractivity contribution >= 4 is 23.3 Å². The molecule has 4 rings (SSSR count). The quantitative estimate of drug-likeness (QED) is 0.833. The summed E-state index contributed by atoms with van der Waals surface area (Å²) in [5.74, 6) is 1.10. The van der Waals surface area contributed by atoms with Gasteiger partial charge in [0.25, 0.3) is 0 Å². The van der Waals surface area contributed by atoms with Crippen LogP contribution in [0.4, 0.5) is 16.2 Å². The van der Waals surface area contributed by atoms with E-state index in [4.69, 9.17) is 9.47 Å². The minimum Gasteiger partial charge on any atom is -0.486 e. The zero-order valence-corrected chi connectivity index (χ0v) is 16.6. The van der Waals surface area contributed by atoms with Gasteiger partial charge in [-0.25, -0.2) is 4.79 Å². The summed E-state index contributed by atoms with van der Waals surface area (Å²) in [5.41, 5.74) is 2.66. The van der Waals surface area contributed by atoms with Crippen molar-refractivity contribution < 1.29 is 19.1 Å². The van der Waals surface area contributed by atoms with Crippen LogP contribution in [0.15, 0.2) is 42.5 Å². The van der Waals surface area contributed by atoms with Gasteiger partial charge in [-0.05, 0) is 36.1 Å². The van der Waals surface area contributed by atoms with Crippen molar-refractivity contribution in [2.24, 2.45) is 5.92 Å². The van der Waals surface area contributed by atoms with Crippen molar-refractivity contribution in [3.63, 3.8) is 0 Å². The molecule has 7 nitrogen and oxygen atoms in total. The maximum atomic E-state index is 13.2. The van der Waals surface area contributed by atoms with E-state index in [9.17, 15) is 9.59 Å². The maximum Gasteiger partial charge on any atom is 0.319 e. The van der Waals surface area contributed by atoms with E-state index < -0.39 is 12.1 Å². The van der Waals surface area contributed by atoms with E-state index in [-0.39, 0.29) is 11.8 Å². The lowest BCUT2D eigenvalue weighted by molar-refractivity contribution is -0.121.